The Morgan fingerprint density at radius 3 is 3.00 bits per heavy atom. The fraction of sp³-hybridized carbons (Fsp3) is 0.500. The molecule has 1 saturated heterocycles. The number of nitrogens with zero attached hydrogens (tertiary/aromatic N) is 2. The molecule has 0 radical (unpaired) electrons. The molecule has 6 nitrogen and oxygen atoms in total. The Hall–Kier alpha value is -1.44. The maximum absolute atomic E-state index is 12.6. The Balaban J connectivity index is 1.82. The number of sulfonamides is 1. The van der Waals surface area contributed by atoms with Crippen LogP contribution in [0.1, 0.15) is 18.5 Å². The van der Waals surface area contributed by atoms with Gasteiger partial charge in [-0.25, -0.2) is 12.7 Å². The van der Waals surface area contributed by atoms with Crippen LogP contribution in [-0.4, -0.2) is 37.5 Å². The lowest BCUT2D eigenvalue weighted by Gasteiger charge is -2.31. The highest BCUT2D eigenvalue weighted by molar-refractivity contribution is 7.88. The van der Waals surface area contributed by atoms with E-state index >= 15 is 0 Å². The van der Waals surface area contributed by atoms with E-state index in [0.29, 0.717) is 30.9 Å². The van der Waals surface area contributed by atoms with Crippen LogP contribution >= 0.6 is 0 Å². The van der Waals surface area contributed by atoms with Gasteiger partial charge < -0.3 is 10.3 Å². The summed E-state index contributed by atoms with van der Waals surface area (Å²) in [5.74, 6) is 0.129. The summed E-state index contributed by atoms with van der Waals surface area (Å²) in [5.41, 5.74) is 6.76. The van der Waals surface area contributed by atoms with E-state index in [1.165, 1.54) is 4.31 Å². The van der Waals surface area contributed by atoms with Crippen molar-refractivity contribution >= 4 is 21.0 Å². The minimum Gasteiger partial charge on any atom is -0.356 e. The highest BCUT2D eigenvalue weighted by Crippen LogP contribution is 2.24. The van der Waals surface area contributed by atoms with E-state index in [1.54, 1.807) is 6.07 Å². The zero-order chi connectivity index (χ0) is 14.9. The molecule has 1 aromatic carbocycles. The SMILES string of the molecule is NCC1CCCN(S(=O)(=O)Cc2noc3ccccc23)C1. The second-order valence-electron chi connectivity index (χ2n) is 5.48. The van der Waals surface area contributed by atoms with Gasteiger partial charge in [-0.15, -0.1) is 0 Å². The highest BCUT2D eigenvalue weighted by atomic mass is 32.2. The average molecular weight is 309 g/mol. The molecule has 1 atom stereocenters. The molecule has 7 heteroatoms. The molecule has 0 amide bonds. The quantitative estimate of drug-likeness (QED) is 0.920. The van der Waals surface area contributed by atoms with Gasteiger partial charge in [-0.1, -0.05) is 17.3 Å². The molecular formula is C14H19N3O3S. The van der Waals surface area contributed by atoms with Crippen molar-refractivity contribution in [2.45, 2.75) is 18.6 Å². The molecule has 1 aliphatic rings. The molecule has 0 saturated carbocycles. The van der Waals surface area contributed by atoms with Gasteiger partial charge in [0.25, 0.3) is 0 Å². The summed E-state index contributed by atoms with van der Waals surface area (Å²) in [4.78, 5) is 0. The topological polar surface area (TPSA) is 89.4 Å². The van der Waals surface area contributed by atoms with E-state index in [9.17, 15) is 8.42 Å². The largest absolute Gasteiger partial charge is 0.356 e. The molecule has 21 heavy (non-hydrogen) atoms. The molecule has 2 N–H and O–H groups in total. The number of aromatic nitrogens is 1. The second-order valence-corrected chi connectivity index (χ2v) is 7.45. The van der Waals surface area contributed by atoms with E-state index in [0.717, 1.165) is 18.2 Å². The molecular weight excluding hydrogens is 290 g/mol. The first kappa shape index (κ1) is 14.5. The molecule has 114 valence electrons. The number of hydrogen-bond acceptors (Lipinski definition) is 5. The molecule has 2 heterocycles. The first-order valence-electron chi connectivity index (χ1n) is 7.11. The number of rotatable bonds is 4. The second kappa shape index (κ2) is 5.75. The van der Waals surface area contributed by atoms with Gasteiger partial charge in [0.2, 0.25) is 10.0 Å². The Labute approximate surface area is 123 Å². The molecule has 1 unspecified atom stereocenters. The smallest absolute Gasteiger partial charge is 0.220 e. The van der Waals surface area contributed by atoms with Gasteiger partial charge in [0.15, 0.2) is 5.58 Å². The molecule has 0 aliphatic carbocycles. The van der Waals surface area contributed by atoms with E-state index in [-0.39, 0.29) is 11.7 Å². The van der Waals surface area contributed by atoms with Crippen LogP contribution in [0.2, 0.25) is 0 Å². The van der Waals surface area contributed by atoms with E-state index in [2.05, 4.69) is 5.16 Å². The Bertz CT molecular complexity index is 726. The number of benzene rings is 1. The van der Waals surface area contributed by atoms with Crippen molar-refractivity contribution in [3.8, 4) is 0 Å². The zero-order valence-corrected chi connectivity index (χ0v) is 12.6. The predicted octanol–water partition coefficient (Wildman–Crippen LogP) is 1.33. The van der Waals surface area contributed by atoms with Crippen molar-refractivity contribution in [1.29, 1.82) is 0 Å². The number of piperidine rings is 1. The Kier molecular flexibility index (Phi) is 3.97. The van der Waals surface area contributed by atoms with Gasteiger partial charge in [-0.3, -0.25) is 0 Å². The van der Waals surface area contributed by atoms with Crippen LogP contribution in [-0.2, 0) is 15.8 Å². The van der Waals surface area contributed by atoms with E-state index in [1.807, 2.05) is 18.2 Å². The lowest BCUT2D eigenvalue weighted by Crippen LogP contribution is -2.42. The van der Waals surface area contributed by atoms with Crippen LogP contribution in [0.3, 0.4) is 0 Å². The third kappa shape index (κ3) is 2.95. The summed E-state index contributed by atoms with van der Waals surface area (Å²) in [5, 5.41) is 4.67. The van der Waals surface area contributed by atoms with Crippen LogP contribution in [0.15, 0.2) is 28.8 Å². The number of fused-ring (bicyclic) bond motifs is 1. The van der Waals surface area contributed by atoms with Gasteiger partial charge >= 0.3 is 0 Å². The van der Waals surface area contributed by atoms with Gasteiger partial charge in [-0.2, -0.15) is 0 Å². The first-order valence-corrected chi connectivity index (χ1v) is 8.72. The Morgan fingerprint density at radius 2 is 2.19 bits per heavy atom. The third-order valence-corrected chi connectivity index (χ3v) is 5.74. The summed E-state index contributed by atoms with van der Waals surface area (Å²) < 4.78 is 31.8. The van der Waals surface area contributed by atoms with Gasteiger partial charge in [0, 0.05) is 18.5 Å². The molecule has 0 spiro atoms. The van der Waals surface area contributed by atoms with E-state index in [4.69, 9.17) is 10.3 Å². The fourth-order valence-corrected chi connectivity index (χ4v) is 4.36. The molecule has 0 bridgehead atoms. The highest BCUT2D eigenvalue weighted by Gasteiger charge is 2.29. The fourth-order valence-electron chi connectivity index (χ4n) is 2.78. The van der Waals surface area contributed by atoms with E-state index < -0.39 is 10.0 Å². The third-order valence-electron chi connectivity index (χ3n) is 3.98. The first-order chi connectivity index (χ1) is 10.1. The van der Waals surface area contributed by atoms with Crippen LogP contribution in [0, 0.1) is 5.92 Å². The molecule has 1 aromatic heterocycles. The normalized spacial score (nSPS) is 20.9. The standard InChI is InChI=1S/C14H19N3O3S/c15-8-11-4-3-7-17(9-11)21(18,19)10-13-12-5-1-2-6-14(12)20-16-13/h1-2,5-6,11H,3-4,7-10,15H2. The monoisotopic (exact) mass is 309 g/mol. The van der Waals surface area contributed by atoms with Crippen LogP contribution in [0.4, 0.5) is 0 Å². The number of para-hydroxylation sites is 1. The van der Waals surface area contributed by atoms with Gasteiger partial charge in [0.1, 0.15) is 11.4 Å². The predicted molar refractivity (Wildman–Crippen MR) is 80.0 cm³/mol. The van der Waals surface area contributed by atoms with Crippen molar-refractivity contribution in [3.63, 3.8) is 0 Å². The summed E-state index contributed by atoms with van der Waals surface area (Å²) in [6, 6.07) is 7.29. The molecule has 2 aromatic rings. The molecule has 3 rings (SSSR count). The summed E-state index contributed by atoms with van der Waals surface area (Å²) in [6.07, 6.45) is 1.86. The lowest BCUT2D eigenvalue weighted by molar-refractivity contribution is 0.271. The lowest BCUT2D eigenvalue weighted by atomic mass is 10.0. The number of nitrogens with two attached hydrogens (primary N) is 1. The van der Waals surface area contributed by atoms with Crippen molar-refractivity contribution in [1.82, 2.24) is 9.46 Å². The summed E-state index contributed by atoms with van der Waals surface area (Å²) in [6.45, 7) is 1.60. The minimum absolute atomic E-state index is 0.124. The minimum atomic E-state index is -3.39. The van der Waals surface area contributed by atoms with Crippen molar-refractivity contribution in [3.05, 3.63) is 30.0 Å². The van der Waals surface area contributed by atoms with Crippen molar-refractivity contribution in [2.24, 2.45) is 11.7 Å². The Morgan fingerprint density at radius 1 is 1.38 bits per heavy atom. The average Bonchev–Trinajstić information content (AvgIpc) is 2.90. The van der Waals surface area contributed by atoms with Crippen LogP contribution in [0.25, 0.3) is 11.0 Å². The maximum atomic E-state index is 12.6. The molecule has 1 fully saturated rings. The van der Waals surface area contributed by atoms with Crippen LogP contribution < -0.4 is 5.73 Å². The summed E-state index contributed by atoms with van der Waals surface area (Å²) in [7, 11) is -3.39. The van der Waals surface area contributed by atoms with Crippen LogP contribution in [0.5, 0.6) is 0 Å². The summed E-state index contributed by atoms with van der Waals surface area (Å²) >= 11 is 0. The van der Waals surface area contributed by atoms with Gasteiger partial charge in [-0.05, 0) is 37.4 Å². The van der Waals surface area contributed by atoms with Crippen molar-refractivity contribution < 1.29 is 12.9 Å². The van der Waals surface area contributed by atoms with Crippen molar-refractivity contribution in [2.75, 3.05) is 19.6 Å². The maximum Gasteiger partial charge on any atom is 0.220 e. The zero-order valence-electron chi connectivity index (χ0n) is 11.7. The number of hydrogen-bond donors (Lipinski definition) is 1. The molecule has 1 aliphatic heterocycles. The van der Waals surface area contributed by atoms with Gasteiger partial charge in [0.05, 0.1) is 0 Å².